The van der Waals surface area contributed by atoms with Crippen LogP contribution in [0.3, 0.4) is 0 Å². The Morgan fingerprint density at radius 2 is 2.17 bits per heavy atom. The smallest absolute Gasteiger partial charge is 0.122 e. The van der Waals surface area contributed by atoms with E-state index in [4.69, 9.17) is 9.72 Å². The summed E-state index contributed by atoms with van der Waals surface area (Å²) in [5.74, 6) is 0.736. The first-order valence-corrected chi connectivity index (χ1v) is 7.89. The maximum absolute atomic E-state index is 5.52. The highest BCUT2D eigenvalue weighted by Gasteiger charge is 2.31. The van der Waals surface area contributed by atoms with Crippen molar-refractivity contribution < 1.29 is 4.74 Å². The van der Waals surface area contributed by atoms with Gasteiger partial charge in [0.25, 0.3) is 0 Å². The molecule has 0 aliphatic heterocycles. The van der Waals surface area contributed by atoms with Crippen LogP contribution in [0.5, 0.6) is 0 Å². The van der Waals surface area contributed by atoms with E-state index in [2.05, 4.69) is 12.2 Å². The summed E-state index contributed by atoms with van der Waals surface area (Å²) in [6.07, 6.45) is 6.53. The molecule has 1 aromatic rings. The average molecular weight is 266 g/mol. The third kappa shape index (κ3) is 2.76. The monoisotopic (exact) mass is 266 g/mol. The molecule has 0 aromatic carbocycles. The molecular formula is C14H22N2OS. The van der Waals surface area contributed by atoms with Gasteiger partial charge in [-0.15, -0.1) is 11.3 Å². The van der Waals surface area contributed by atoms with Crippen LogP contribution < -0.4 is 5.32 Å². The molecule has 1 aromatic heterocycles. The minimum Gasteiger partial charge on any atom is -0.374 e. The summed E-state index contributed by atoms with van der Waals surface area (Å²) in [7, 11) is 1.79. The molecule has 18 heavy (non-hydrogen) atoms. The van der Waals surface area contributed by atoms with E-state index in [1.165, 1.54) is 41.3 Å². The largest absolute Gasteiger partial charge is 0.374 e. The summed E-state index contributed by atoms with van der Waals surface area (Å²) >= 11 is 1.86. The van der Waals surface area contributed by atoms with E-state index in [-0.39, 0.29) is 6.10 Å². The van der Waals surface area contributed by atoms with E-state index in [1.807, 2.05) is 11.3 Å². The number of hydrogen-bond acceptors (Lipinski definition) is 4. The molecule has 0 saturated heterocycles. The van der Waals surface area contributed by atoms with Crippen LogP contribution in [-0.4, -0.2) is 18.1 Å². The van der Waals surface area contributed by atoms with Gasteiger partial charge >= 0.3 is 0 Å². The van der Waals surface area contributed by atoms with Gasteiger partial charge in [0.1, 0.15) is 11.1 Å². The van der Waals surface area contributed by atoms with Crippen LogP contribution in [0.2, 0.25) is 0 Å². The second kappa shape index (κ2) is 5.27. The Labute approximate surface area is 113 Å². The lowest BCUT2D eigenvalue weighted by Gasteiger charge is -2.08. The summed E-state index contributed by atoms with van der Waals surface area (Å²) in [5.41, 5.74) is 1.36. The zero-order chi connectivity index (χ0) is 12.5. The van der Waals surface area contributed by atoms with Crippen molar-refractivity contribution in [1.29, 1.82) is 0 Å². The fourth-order valence-electron chi connectivity index (χ4n) is 2.29. The third-order valence-corrected chi connectivity index (χ3v) is 4.93. The molecule has 0 amide bonds. The summed E-state index contributed by atoms with van der Waals surface area (Å²) in [6, 6.07) is 0.770. The number of nitrogens with one attached hydrogen (secondary N) is 1. The number of nitrogens with zero attached hydrogens (tertiary/aromatic N) is 1. The number of hydrogen-bond donors (Lipinski definition) is 1. The van der Waals surface area contributed by atoms with Crippen molar-refractivity contribution in [3.8, 4) is 0 Å². The zero-order valence-corrected chi connectivity index (χ0v) is 12.1. The van der Waals surface area contributed by atoms with Crippen molar-refractivity contribution in [3.63, 3.8) is 0 Å². The fraction of sp³-hybridized carbons (Fsp3) is 0.786. The molecule has 2 aliphatic rings. The second-order valence-electron chi connectivity index (χ2n) is 5.42. The molecule has 2 aliphatic carbocycles. The van der Waals surface area contributed by atoms with Crippen molar-refractivity contribution >= 4 is 11.3 Å². The van der Waals surface area contributed by atoms with Gasteiger partial charge in [-0.2, -0.15) is 0 Å². The van der Waals surface area contributed by atoms with E-state index >= 15 is 0 Å². The predicted octanol–water partition coefficient (Wildman–Crippen LogP) is 3.37. The van der Waals surface area contributed by atoms with Crippen LogP contribution in [0.1, 0.15) is 66.6 Å². The van der Waals surface area contributed by atoms with Gasteiger partial charge in [-0.05, 0) is 32.1 Å². The molecule has 4 heteroatoms. The van der Waals surface area contributed by atoms with Crippen LogP contribution in [0, 0.1) is 0 Å². The first-order valence-electron chi connectivity index (χ1n) is 7.07. The van der Waals surface area contributed by atoms with Crippen molar-refractivity contribution in [2.24, 2.45) is 0 Å². The van der Waals surface area contributed by atoms with E-state index < -0.39 is 0 Å². The average Bonchev–Trinajstić information content (AvgIpc) is 3.28. The molecule has 2 fully saturated rings. The quantitative estimate of drug-likeness (QED) is 0.821. The Kier molecular flexibility index (Phi) is 3.68. The third-order valence-electron chi connectivity index (χ3n) is 3.77. The van der Waals surface area contributed by atoms with E-state index in [0.717, 1.165) is 24.9 Å². The van der Waals surface area contributed by atoms with Crippen molar-refractivity contribution in [2.45, 2.75) is 63.6 Å². The van der Waals surface area contributed by atoms with Gasteiger partial charge in [0.2, 0.25) is 0 Å². The normalized spacial score (nSPS) is 21.2. The highest BCUT2D eigenvalue weighted by atomic mass is 32.1. The van der Waals surface area contributed by atoms with Crippen molar-refractivity contribution in [1.82, 2.24) is 10.3 Å². The number of ether oxygens (including phenoxy) is 1. The summed E-state index contributed by atoms with van der Waals surface area (Å²) in [5, 5.41) is 4.79. The highest BCUT2D eigenvalue weighted by molar-refractivity contribution is 7.11. The first kappa shape index (κ1) is 12.6. The van der Waals surface area contributed by atoms with Crippen LogP contribution >= 0.6 is 11.3 Å². The highest BCUT2D eigenvalue weighted by Crippen LogP contribution is 2.44. The van der Waals surface area contributed by atoms with Gasteiger partial charge in [0.15, 0.2) is 0 Å². The van der Waals surface area contributed by atoms with Crippen LogP contribution in [0.15, 0.2) is 0 Å². The molecule has 3 rings (SSSR count). The minimum atomic E-state index is 0.183. The molecule has 2 saturated carbocycles. The van der Waals surface area contributed by atoms with Crippen LogP contribution in [0.4, 0.5) is 0 Å². The van der Waals surface area contributed by atoms with Gasteiger partial charge < -0.3 is 10.1 Å². The number of aromatic nitrogens is 1. The first-order chi connectivity index (χ1) is 8.81. The lowest BCUT2D eigenvalue weighted by Crippen LogP contribution is -2.15. The Bertz CT molecular complexity index is 406. The molecular weight excluding hydrogens is 244 g/mol. The van der Waals surface area contributed by atoms with Crippen LogP contribution in [-0.2, 0) is 11.3 Å². The van der Waals surface area contributed by atoms with Gasteiger partial charge in [-0.1, -0.05) is 6.92 Å². The van der Waals surface area contributed by atoms with E-state index in [0.29, 0.717) is 0 Å². The van der Waals surface area contributed by atoms with Gasteiger partial charge in [0, 0.05) is 30.5 Å². The number of methoxy groups -OCH3 is 1. The van der Waals surface area contributed by atoms with Gasteiger partial charge in [-0.3, -0.25) is 0 Å². The second-order valence-corrected chi connectivity index (χ2v) is 6.54. The Morgan fingerprint density at radius 1 is 1.39 bits per heavy atom. The van der Waals surface area contributed by atoms with Crippen molar-refractivity contribution in [2.75, 3.05) is 7.11 Å². The Balaban J connectivity index is 1.75. The summed E-state index contributed by atoms with van der Waals surface area (Å²) < 4.78 is 5.52. The zero-order valence-electron chi connectivity index (χ0n) is 11.2. The van der Waals surface area contributed by atoms with Gasteiger partial charge in [-0.25, -0.2) is 4.98 Å². The molecule has 1 atom stereocenters. The Morgan fingerprint density at radius 3 is 2.72 bits per heavy atom. The summed E-state index contributed by atoms with van der Waals surface area (Å²) in [6.45, 7) is 3.17. The van der Waals surface area contributed by atoms with E-state index in [1.54, 1.807) is 7.11 Å². The maximum atomic E-state index is 5.52. The molecule has 100 valence electrons. The number of rotatable bonds is 7. The van der Waals surface area contributed by atoms with Crippen molar-refractivity contribution in [3.05, 3.63) is 15.6 Å². The molecule has 0 bridgehead atoms. The topological polar surface area (TPSA) is 34.1 Å². The maximum Gasteiger partial charge on any atom is 0.122 e. The molecule has 1 N–H and O–H groups in total. The molecule has 0 radical (unpaired) electrons. The predicted molar refractivity (Wildman–Crippen MR) is 74.0 cm³/mol. The summed E-state index contributed by atoms with van der Waals surface area (Å²) in [4.78, 5) is 6.32. The SMILES string of the molecule is CCC(OC)c1nc(C2CC2)c(CNC2CC2)s1. The van der Waals surface area contributed by atoms with E-state index in [9.17, 15) is 0 Å². The number of thiazole rings is 1. The molecule has 1 unspecified atom stereocenters. The standard InChI is InChI=1S/C14H22N2OS/c1-3-11(17-2)14-16-13(9-4-5-9)12(18-14)8-15-10-6-7-10/h9-11,15H,3-8H2,1-2H3. The molecule has 1 heterocycles. The van der Waals surface area contributed by atoms with Crippen LogP contribution in [0.25, 0.3) is 0 Å². The minimum absolute atomic E-state index is 0.183. The Hall–Kier alpha value is -0.450. The fourth-order valence-corrected chi connectivity index (χ4v) is 3.55. The molecule has 3 nitrogen and oxygen atoms in total. The lowest BCUT2D eigenvalue weighted by atomic mass is 10.2. The lowest BCUT2D eigenvalue weighted by molar-refractivity contribution is 0.0996. The molecule has 0 spiro atoms. The van der Waals surface area contributed by atoms with Gasteiger partial charge in [0.05, 0.1) is 5.69 Å².